The van der Waals surface area contributed by atoms with E-state index in [4.69, 9.17) is 9.47 Å². The van der Waals surface area contributed by atoms with Crippen molar-refractivity contribution in [2.24, 2.45) is 23.7 Å². The zero-order valence-corrected chi connectivity index (χ0v) is 20.7. The number of fused-ring (bicyclic) bond motifs is 5. The Morgan fingerprint density at radius 2 is 1.29 bits per heavy atom. The van der Waals surface area contributed by atoms with Gasteiger partial charge in [0, 0.05) is 24.0 Å². The number of rotatable bonds is 6. The molecule has 2 aliphatic carbocycles. The fourth-order valence-electron chi connectivity index (χ4n) is 6.11. The molecule has 1 saturated heterocycles. The Morgan fingerprint density at radius 3 is 1.74 bits per heavy atom. The average molecular weight is 509 g/mol. The summed E-state index contributed by atoms with van der Waals surface area (Å²) >= 11 is 0. The monoisotopic (exact) mass is 508 g/mol. The van der Waals surface area contributed by atoms with Gasteiger partial charge in [-0.1, -0.05) is 42.5 Å². The molecule has 6 rings (SSSR count). The van der Waals surface area contributed by atoms with Crippen molar-refractivity contribution in [3.63, 3.8) is 0 Å². The zero-order valence-electron chi connectivity index (χ0n) is 20.7. The zero-order chi connectivity index (χ0) is 26.6. The third kappa shape index (κ3) is 3.52. The highest BCUT2D eigenvalue weighted by Crippen LogP contribution is 2.59. The summed E-state index contributed by atoms with van der Waals surface area (Å²) < 4.78 is 10.7. The highest BCUT2D eigenvalue weighted by molar-refractivity contribution is 6.23. The number of allylic oxidation sites excluding steroid dienone is 3. The van der Waals surface area contributed by atoms with Gasteiger partial charge in [-0.2, -0.15) is 0 Å². The van der Waals surface area contributed by atoms with Crippen molar-refractivity contribution in [1.29, 1.82) is 0 Å². The summed E-state index contributed by atoms with van der Waals surface area (Å²) in [4.78, 5) is 39.3. The fourth-order valence-corrected chi connectivity index (χ4v) is 6.11. The second-order valence-electron chi connectivity index (χ2n) is 9.56. The number of ether oxygens (including phenoxy) is 2. The van der Waals surface area contributed by atoms with Gasteiger partial charge in [0.25, 0.3) is 5.69 Å². The molecule has 2 fully saturated rings. The number of nitro benzene ring substituents is 1. The van der Waals surface area contributed by atoms with E-state index in [-0.39, 0.29) is 35.0 Å². The van der Waals surface area contributed by atoms with Crippen LogP contribution in [0, 0.1) is 33.8 Å². The number of nitrogens with zero attached hydrogens (tertiary/aromatic N) is 2. The van der Waals surface area contributed by atoms with E-state index in [1.165, 1.54) is 18.2 Å². The molecule has 3 aromatic carbocycles. The third-order valence-corrected chi connectivity index (χ3v) is 7.76. The number of non-ortho nitro benzene ring substituents is 1. The Kier molecular flexibility index (Phi) is 5.60. The number of carbonyl (C=O) groups excluding carboxylic acids is 2. The summed E-state index contributed by atoms with van der Waals surface area (Å²) in [5.41, 5.74) is 4.00. The van der Waals surface area contributed by atoms with Gasteiger partial charge in [0.05, 0.1) is 36.7 Å². The second kappa shape index (κ2) is 8.99. The van der Waals surface area contributed by atoms with Gasteiger partial charge in [-0.3, -0.25) is 19.7 Å². The Hall–Kier alpha value is -4.72. The molecule has 1 saturated carbocycles. The maximum atomic E-state index is 13.7. The van der Waals surface area contributed by atoms with Crippen LogP contribution in [0.3, 0.4) is 0 Å². The van der Waals surface area contributed by atoms with Gasteiger partial charge in [0.2, 0.25) is 11.8 Å². The lowest BCUT2D eigenvalue weighted by atomic mass is 9.85. The number of hydrogen-bond donors (Lipinski definition) is 0. The van der Waals surface area contributed by atoms with E-state index in [9.17, 15) is 19.7 Å². The van der Waals surface area contributed by atoms with Crippen molar-refractivity contribution in [2.75, 3.05) is 19.1 Å². The summed E-state index contributed by atoms with van der Waals surface area (Å²) in [5.74, 6) is -0.812. The Morgan fingerprint density at radius 1 is 0.789 bits per heavy atom. The van der Waals surface area contributed by atoms with Crippen molar-refractivity contribution < 1.29 is 24.0 Å². The molecule has 0 unspecified atom stereocenters. The van der Waals surface area contributed by atoms with Crippen molar-refractivity contribution in [3.8, 4) is 11.5 Å². The largest absolute Gasteiger partial charge is 0.497 e. The molecule has 8 heteroatoms. The lowest BCUT2D eigenvalue weighted by Crippen LogP contribution is -2.33. The SMILES string of the molecule is COc1ccc(C(=C2[C@H]3C=C[C@H]2[C@H]2C(=O)N(c4cccc([N+](=O)[O-])c4)C(=O)[C@@H]23)c2ccc(OC)cc2)cc1. The maximum Gasteiger partial charge on any atom is 0.271 e. The van der Waals surface area contributed by atoms with Gasteiger partial charge < -0.3 is 9.47 Å². The first-order valence-corrected chi connectivity index (χ1v) is 12.3. The van der Waals surface area contributed by atoms with E-state index in [0.29, 0.717) is 0 Å². The summed E-state index contributed by atoms with van der Waals surface area (Å²) in [6, 6.07) is 21.2. The van der Waals surface area contributed by atoms with E-state index in [2.05, 4.69) is 0 Å². The molecule has 2 bridgehead atoms. The van der Waals surface area contributed by atoms with Gasteiger partial charge in [-0.05, 0) is 52.6 Å². The topological polar surface area (TPSA) is 99.0 Å². The molecule has 0 radical (unpaired) electrons. The van der Waals surface area contributed by atoms with Crippen molar-refractivity contribution in [2.45, 2.75) is 0 Å². The van der Waals surface area contributed by atoms with Crippen LogP contribution in [-0.2, 0) is 9.59 Å². The number of methoxy groups -OCH3 is 2. The molecule has 3 aromatic rings. The quantitative estimate of drug-likeness (QED) is 0.200. The van der Waals surface area contributed by atoms with Crippen molar-refractivity contribution in [1.82, 2.24) is 0 Å². The van der Waals surface area contributed by atoms with Gasteiger partial charge in [0.1, 0.15) is 11.5 Å². The van der Waals surface area contributed by atoms with Crippen LogP contribution in [0.5, 0.6) is 11.5 Å². The summed E-state index contributed by atoms with van der Waals surface area (Å²) in [5, 5.41) is 11.3. The van der Waals surface area contributed by atoms with Gasteiger partial charge in [-0.25, -0.2) is 4.90 Å². The van der Waals surface area contributed by atoms with Crippen LogP contribution in [0.1, 0.15) is 11.1 Å². The minimum absolute atomic E-state index is 0.164. The van der Waals surface area contributed by atoms with Crippen molar-refractivity contribution >= 4 is 28.8 Å². The molecular formula is C30H24N2O6. The van der Waals surface area contributed by atoms with Crippen molar-refractivity contribution in [3.05, 3.63) is 112 Å². The molecule has 0 N–H and O–H groups in total. The lowest BCUT2D eigenvalue weighted by molar-refractivity contribution is -0.384. The molecule has 0 aromatic heterocycles. The molecule has 8 nitrogen and oxygen atoms in total. The predicted octanol–water partition coefficient (Wildman–Crippen LogP) is 5.04. The maximum absolute atomic E-state index is 13.7. The normalized spacial score (nSPS) is 23.1. The average Bonchev–Trinajstić information content (AvgIpc) is 3.58. The fraction of sp³-hybridized carbons (Fsp3) is 0.200. The van der Waals surface area contributed by atoms with E-state index < -0.39 is 16.8 Å². The van der Waals surface area contributed by atoms with Gasteiger partial charge >= 0.3 is 0 Å². The number of hydrogen-bond acceptors (Lipinski definition) is 6. The van der Waals surface area contributed by atoms with Gasteiger partial charge in [-0.15, -0.1) is 0 Å². The molecule has 4 atom stereocenters. The highest BCUT2D eigenvalue weighted by atomic mass is 16.6. The Labute approximate surface area is 218 Å². The number of carbonyl (C=O) groups is 2. The van der Waals surface area contributed by atoms with Crippen LogP contribution in [-0.4, -0.2) is 31.0 Å². The molecule has 38 heavy (non-hydrogen) atoms. The number of nitro groups is 1. The summed E-state index contributed by atoms with van der Waals surface area (Å²) in [6.07, 6.45) is 4.05. The van der Waals surface area contributed by atoms with E-state index in [1.807, 2.05) is 60.7 Å². The van der Waals surface area contributed by atoms with E-state index in [1.54, 1.807) is 20.3 Å². The number of amides is 2. The first-order chi connectivity index (χ1) is 18.4. The van der Waals surface area contributed by atoms with Crippen LogP contribution >= 0.6 is 0 Å². The summed E-state index contributed by atoms with van der Waals surface area (Å²) in [6.45, 7) is 0. The smallest absolute Gasteiger partial charge is 0.271 e. The van der Waals surface area contributed by atoms with Gasteiger partial charge in [0.15, 0.2) is 0 Å². The standard InChI is InChI=1S/C30H24N2O6/c1-37-21-10-6-17(7-11-21)25(18-8-12-22(38-2)13-9-18)26-23-14-15-24(26)28-27(23)29(33)31(30(28)34)19-4-3-5-20(16-19)32(35)36/h3-16,23-24,27-28H,1-2H3/t23-,24-,27-,28-/m1/s1. The third-order valence-electron chi connectivity index (χ3n) is 7.76. The number of benzene rings is 3. The number of anilines is 1. The first kappa shape index (κ1) is 23.7. The van der Waals surface area contributed by atoms with E-state index >= 15 is 0 Å². The molecule has 1 aliphatic heterocycles. The molecule has 1 heterocycles. The Bertz CT molecular complexity index is 1440. The number of imide groups is 1. The minimum Gasteiger partial charge on any atom is -0.497 e. The molecular weight excluding hydrogens is 484 g/mol. The van der Waals surface area contributed by atoms with Crippen LogP contribution < -0.4 is 14.4 Å². The predicted molar refractivity (Wildman–Crippen MR) is 141 cm³/mol. The van der Waals surface area contributed by atoms with Crippen LogP contribution in [0.4, 0.5) is 11.4 Å². The van der Waals surface area contributed by atoms with Crippen LogP contribution in [0.25, 0.3) is 5.57 Å². The second-order valence-corrected chi connectivity index (χ2v) is 9.56. The molecule has 2 amide bonds. The van der Waals surface area contributed by atoms with Crippen LogP contribution in [0.15, 0.2) is 90.5 Å². The first-order valence-electron chi connectivity index (χ1n) is 12.3. The molecule has 0 spiro atoms. The van der Waals surface area contributed by atoms with Crippen LogP contribution in [0.2, 0.25) is 0 Å². The van der Waals surface area contributed by atoms with E-state index in [0.717, 1.165) is 38.7 Å². The molecule has 3 aliphatic rings. The lowest BCUT2D eigenvalue weighted by Gasteiger charge is -2.21. The highest BCUT2D eigenvalue weighted by Gasteiger charge is 2.62. The minimum atomic E-state index is -0.557. The Balaban J connectivity index is 1.46. The summed E-state index contributed by atoms with van der Waals surface area (Å²) in [7, 11) is 3.23. The molecule has 190 valence electrons.